The maximum absolute atomic E-state index is 13.6. The summed E-state index contributed by atoms with van der Waals surface area (Å²) in [5.74, 6) is -0.617. The number of hydrogen-bond donors (Lipinski definition) is 2. The van der Waals surface area contributed by atoms with Gasteiger partial charge in [-0.15, -0.1) is 0 Å². The number of alkyl halides is 4. The van der Waals surface area contributed by atoms with Crippen LogP contribution >= 0.6 is 11.3 Å². The molecule has 3 rings (SSSR count). The summed E-state index contributed by atoms with van der Waals surface area (Å²) in [6.45, 7) is 1.39. The van der Waals surface area contributed by atoms with Crippen LogP contribution in [0.1, 0.15) is 38.1 Å². The van der Waals surface area contributed by atoms with Crippen molar-refractivity contribution in [1.29, 1.82) is 0 Å². The first-order valence-corrected chi connectivity index (χ1v) is 10.2. The van der Waals surface area contributed by atoms with Crippen molar-refractivity contribution in [3.05, 3.63) is 29.7 Å². The average molecular weight is 459 g/mol. The van der Waals surface area contributed by atoms with Crippen LogP contribution in [-0.2, 0) is 16.9 Å². The quantitative estimate of drug-likeness (QED) is 0.660. The molecule has 12 heteroatoms. The number of rotatable bonds is 5. The van der Waals surface area contributed by atoms with E-state index in [-0.39, 0.29) is 21.4 Å². The number of amides is 3. The van der Waals surface area contributed by atoms with Crippen LogP contribution in [0.5, 0.6) is 0 Å². The minimum atomic E-state index is -4.53. The predicted octanol–water partition coefficient (Wildman–Crippen LogP) is 4.00. The Morgan fingerprint density at radius 3 is 2.68 bits per heavy atom. The van der Waals surface area contributed by atoms with Gasteiger partial charge in [0.1, 0.15) is 18.1 Å². The Hall–Kier alpha value is -2.76. The molecule has 3 amide bonds. The minimum absolute atomic E-state index is 0.0184. The van der Waals surface area contributed by atoms with Crippen molar-refractivity contribution in [2.45, 2.75) is 51.0 Å². The maximum atomic E-state index is 13.6. The number of nitrogens with two attached hydrogens (primary N) is 1. The van der Waals surface area contributed by atoms with Gasteiger partial charge in [-0.1, -0.05) is 11.3 Å². The monoisotopic (exact) mass is 459 g/mol. The van der Waals surface area contributed by atoms with Crippen molar-refractivity contribution < 1.29 is 27.2 Å². The van der Waals surface area contributed by atoms with E-state index in [0.717, 1.165) is 25.2 Å². The molecule has 0 radical (unpaired) electrons. The van der Waals surface area contributed by atoms with Gasteiger partial charge in [-0.3, -0.25) is 15.1 Å². The second kappa shape index (κ2) is 8.40. The highest BCUT2D eigenvalue weighted by Gasteiger charge is 2.49. The molecule has 1 aliphatic rings. The standard InChI is InChI=1S/C19H21F4N5O2S/c1-18(2,19(21,22)23)13-8-10(5-6-25-13)14-11(9-20)26-16(31-14)27-17(30)28-7-3-4-12(28)15(24)29/h5-6,8,12H,3-4,7,9H2,1-2H3,(H2,24,29)(H,26,27,30)/t12-/m0/s1. The zero-order valence-corrected chi connectivity index (χ0v) is 17.6. The van der Waals surface area contributed by atoms with Gasteiger partial charge in [-0.05, 0) is 44.4 Å². The molecular formula is C19H21F4N5O2S. The van der Waals surface area contributed by atoms with Gasteiger partial charge in [0.15, 0.2) is 5.13 Å². The van der Waals surface area contributed by atoms with Crippen molar-refractivity contribution >= 4 is 28.4 Å². The highest BCUT2D eigenvalue weighted by molar-refractivity contribution is 7.19. The molecule has 31 heavy (non-hydrogen) atoms. The van der Waals surface area contributed by atoms with E-state index < -0.39 is 36.2 Å². The second-order valence-corrected chi connectivity index (χ2v) is 8.66. The van der Waals surface area contributed by atoms with Gasteiger partial charge in [0.05, 0.1) is 16.3 Å². The lowest BCUT2D eigenvalue weighted by Crippen LogP contribution is -2.45. The number of aromatic nitrogens is 2. The Kier molecular flexibility index (Phi) is 6.21. The maximum Gasteiger partial charge on any atom is 0.399 e. The summed E-state index contributed by atoms with van der Waals surface area (Å²) in [6.07, 6.45) is -2.23. The molecule has 0 aromatic carbocycles. The molecule has 2 aromatic rings. The van der Waals surface area contributed by atoms with E-state index in [1.807, 2.05) is 0 Å². The van der Waals surface area contributed by atoms with Gasteiger partial charge >= 0.3 is 12.2 Å². The fraction of sp³-hybridized carbons (Fsp3) is 0.474. The Bertz CT molecular complexity index is 992. The number of pyridine rings is 1. The first-order chi connectivity index (χ1) is 14.5. The van der Waals surface area contributed by atoms with Crippen molar-refractivity contribution in [3.8, 4) is 10.4 Å². The summed E-state index contributed by atoms with van der Waals surface area (Å²) in [5.41, 5.74) is 3.18. The normalized spacial score (nSPS) is 17.1. The fourth-order valence-corrected chi connectivity index (χ4v) is 4.20. The summed E-state index contributed by atoms with van der Waals surface area (Å²) < 4.78 is 53.7. The number of hydrogen-bond acceptors (Lipinski definition) is 5. The number of carbonyl (C=O) groups excluding carboxylic acids is 2. The van der Waals surface area contributed by atoms with E-state index in [1.54, 1.807) is 0 Å². The van der Waals surface area contributed by atoms with Crippen LogP contribution in [0.4, 0.5) is 27.5 Å². The van der Waals surface area contributed by atoms with E-state index in [1.165, 1.54) is 23.2 Å². The zero-order valence-electron chi connectivity index (χ0n) is 16.8. The zero-order chi connectivity index (χ0) is 23.0. The molecule has 168 valence electrons. The van der Waals surface area contributed by atoms with Crippen LogP contribution in [0.15, 0.2) is 18.3 Å². The largest absolute Gasteiger partial charge is 0.399 e. The lowest BCUT2D eigenvalue weighted by atomic mass is 9.87. The lowest BCUT2D eigenvalue weighted by Gasteiger charge is -2.27. The van der Waals surface area contributed by atoms with E-state index in [4.69, 9.17) is 5.73 Å². The summed E-state index contributed by atoms with van der Waals surface area (Å²) in [4.78, 5) is 33.5. The Morgan fingerprint density at radius 1 is 1.35 bits per heavy atom. The molecule has 3 N–H and O–H groups in total. The third kappa shape index (κ3) is 4.48. The van der Waals surface area contributed by atoms with E-state index in [2.05, 4.69) is 15.3 Å². The third-order valence-electron chi connectivity index (χ3n) is 5.25. The average Bonchev–Trinajstić information content (AvgIpc) is 3.34. The van der Waals surface area contributed by atoms with Crippen LogP contribution < -0.4 is 11.1 Å². The number of carbonyl (C=O) groups is 2. The smallest absolute Gasteiger partial charge is 0.368 e. The lowest BCUT2D eigenvalue weighted by molar-refractivity contribution is -0.181. The highest BCUT2D eigenvalue weighted by Crippen LogP contribution is 2.41. The summed E-state index contributed by atoms with van der Waals surface area (Å²) in [5, 5.41) is 2.59. The second-order valence-electron chi connectivity index (χ2n) is 7.66. The number of nitrogens with one attached hydrogen (secondary N) is 1. The summed E-state index contributed by atoms with van der Waals surface area (Å²) in [7, 11) is 0. The SMILES string of the molecule is CC(C)(c1cc(-c2sc(NC(=O)N3CCC[C@H]3C(N)=O)nc2CF)ccn1)C(F)(F)F. The molecule has 1 fully saturated rings. The Morgan fingerprint density at radius 2 is 2.06 bits per heavy atom. The van der Waals surface area contributed by atoms with Crippen LogP contribution in [0.25, 0.3) is 10.4 Å². The van der Waals surface area contributed by atoms with Gasteiger partial charge in [-0.2, -0.15) is 13.2 Å². The number of primary amides is 1. The minimum Gasteiger partial charge on any atom is -0.368 e. The molecule has 3 heterocycles. The molecule has 2 aromatic heterocycles. The van der Waals surface area contributed by atoms with Crippen LogP contribution in [0.2, 0.25) is 0 Å². The molecule has 0 saturated carbocycles. The van der Waals surface area contributed by atoms with Gasteiger partial charge in [0.25, 0.3) is 0 Å². The van der Waals surface area contributed by atoms with Gasteiger partial charge in [-0.25, -0.2) is 14.2 Å². The number of likely N-dealkylation sites (tertiary alicyclic amines) is 1. The number of thiazole rings is 1. The molecule has 1 saturated heterocycles. The topological polar surface area (TPSA) is 101 Å². The van der Waals surface area contributed by atoms with Gasteiger partial charge < -0.3 is 10.6 Å². The highest BCUT2D eigenvalue weighted by atomic mass is 32.1. The van der Waals surface area contributed by atoms with E-state index in [0.29, 0.717) is 24.9 Å². The van der Waals surface area contributed by atoms with Crippen LogP contribution in [0, 0.1) is 0 Å². The number of halogens is 4. The molecular weight excluding hydrogens is 438 g/mol. The molecule has 0 spiro atoms. The molecule has 7 nitrogen and oxygen atoms in total. The Balaban J connectivity index is 1.89. The van der Waals surface area contributed by atoms with Gasteiger partial charge in [0.2, 0.25) is 5.91 Å². The molecule has 0 aliphatic carbocycles. The van der Waals surface area contributed by atoms with E-state index >= 15 is 0 Å². The van der Waals surface area contributed by atoms with Crippen LogP contribution in [0.3, 0.4) is 0 Å². The summed E-state index contributed by atoms with van der Waals surface area (Å²) in [6, 6.07) is 1.38. The van der Waals surface area contributed by atoms with Crippen molar-refractivity contribution in [1.82, 2.24) is 14.9 Å². The number of urea groups is 1. The molecule has 1 atom stereocenters. The Labute approximate surface area is 179 Å². The first kappa shape index (κ1) is 22.9. The fourth-order valence-electron chi connectivity index (χ4n) is 3.25. The summed E-state index contributed by atoms with van der Waals surface area (Å²) >= 11 is 0.926. The van der Waals surface area contributed by atoms with Crippen molar-refractivity contribution in [3.63, 3.8) is 0 Å². The molecule has 1 aliphatic heterocycles. The number of nitrogens with zero attached hydrogens (tertiary/aromatic N) is 3. The first-order valence-electron chi connectivity index (χ1n) is 9.42. The molecule has 0 unspecified atom stereocenters. The van der Waals surface area contributed by atoms with Crippen molar-refractivity contribution in [2.75, 3.05) is 11.9 Å². The van der Waals surface area contributed by atoms with Crippen LogP contribution in [-0.4, -0.2) is 45.6 Å². The number of anilines is 1. The molecule has 0 bridgehead atoms. The van der Waals surface area contributed by atoms with Gasteiger partial charge in [0, 0.05) is 12.7 Å². The van der Waals surface area contributed by atoms with E-state index in [9.17, 15) is 27.2 Å². The third-order valence-corrected chi connectivity index (χ3v) is 6.31. The predicted molar refractivity (Wildman–Crippen MR) is 107 cm³/mol. The van der Waals surface area contributed by atoms with Crippen molar-refractivity contribution in [2.24, 2.45) is 5.73 Å².